The number of fused-ring (bicyclic) bond motifs is 3. The second-order valence-corrected chi connectivity index (χ2v) is 11.6. The van der Waals surface area contributed by atoms with Gasteiger partial charge in [0.2, 0.25) is 5.91 Å². The molecule has 4 aliphatic rings. The van der Waals surface area contributed by atoms with Crippen molar-refractivity contribution in [3.05, 3.63) is 47.0 Å². The molecule has 226 valence electrons. The number of aliphatic carboxylic acids is 1. The first-order valence-electron chi connectivity index (χ1n) is 13.7. The molecule has 6 rings (SSSR count). The van der Waals surface area contributed by atoms with Gasteiger partial charge in [-0.2, -0.15) is 0 Å². The van der Waals surface area contributed by atoms with Crippen molar-refractivity contribution in [2.24, 2.45) is 11.8 Å². The zero-order valence-corrected chi connectivity index (χ0v) is 22.4. The summed E-state index contributed by atoms with van der Waals surface area (Å²) in [6.45, 7) is 1.71. The molecule has 1 fully saturated rings. The number of nitrogens with one attached hydrogen (secondary N) is 1. The Morgan fingerprint density at radius 2 is 1.71 bits per heavy atom. The molecule has 2 N–H and O–H groups in total. The van der Waals surface area contributed by atoms with Gasteiger partial charge in [0.15, 0.2) is 11.5 Å². The van der Waals surface area contributed by atoms with Gasteiger partial charge in [0, 0.05) is 18.1 Å². The Kier molecular flexibility index (Phi) is 6.69. The molecule has 2 aliphatic heterocycles. The number of carboxylic acid groups (broad SMARTS) is 1. The van der Waals surface area contributed by atoms with Crippen LogP contribution in [0.2, 0.25) is 0 Å². The summed E-state index contributed by atoms with van der Waals surface area (Å²) in [5, 5.41) is 12.4. The third kappa shape index (κ3) is 5.29. The highest BCUT2D eigenvalue weighted by molar-refractivity contribution is 5.90. The lowest BCUT2D eigenvalue weighted by Gasteiger charge is -2.40. The number of aryl methyl sites for hydroxylation is 1. The monoisotopic (exact) mass is 597 g/mol. The molecule has 0 aromatic heterocycles. The predicted molar refractivity (Wildman–Crippen MR) is 134 cm³/mol. The van der Waals surface area contributed by atoms with Crippen LogP contribution in [0.5, 0.6) is 23.0 Å². The van der Waals surface area contributed by atoms with Gasteiger partial charge in [0.1, 0.15) is 17.6 Å². The molecule has 13 heteroatoms. The first-order valence-corrected chi connectivity index (χ1v) is 13.7. The van der Waals surface area contributed by atoms with Crippen molar-refractivity contribution < 1.29 is 55.6 Å². The summed E-state index contributed by atoms with van der Waals surface area (Å²) in [5.74, 6) is -2.36. The topological polar surface area (TPSA) is 103 Å². The molecule has 8 nitrogen and oxygen atoms in total. The highest BCUT2D eigenvalue weighted by Crippen LogP contribution is 2.50. The van der Waals surface area contributed by atoms with Crippen LogP contribution in [0.4, 0.5) is 22.0 Å². The maximum absolute atomic E-state index is 13.9. The fourth-order valence-electron chi connectivity index (χ4n) is 6.67. The predicted octanol–water partition coefficient (Wildman–Crippen LogP) is 6.01. The van der Waals surface area contributed by atoms with Gasteiger partial charge in [-0.25, -0.2) is 0 Å². The molecule has 1 amide bonds. The Hall–Kier alpha value is -3.77. The van der Waals surface area contributed by atoms with Crippen LogP contribution in [0.3, 0.4) is 0 Å². The molecule has 0 radical (unpaired) electrons. The fraction of sp³-hybridized carbons (Fsp3) is 0.517. The SMILES string of the molecule is C[C@]1(C(=O)N[C@@H]2C[C@H]([C@H]3CC[C@@H](C(=O)O)CC3)Oc3cc(OC(F)(F)F)ccc32)CCc2cc3c(cc21)OC(F)(F)O3. The minimum absolute atomic E-state index is 0.0652. The van der Waals surface area contributed by atoms with E-state index in [4.69, 9.17) is 4.74 Å². The Morgan fingerprint density at radius 1 is 1.02 bits per heavy atom. The van der Waals surface area contributed by atoms with Crippen molar-refractivity contribution in [3.8, 4) is 23.0 Å². The minimum Gasteiger partial charge on any atom is -0.490 e. The molecule has 0 unspecified atom stereocenters. The van der Waals surface area contributed by atoms with Gasteiger partial charge in [0.25, 0.3) is 0 Å². The van der Waals surface area contributed by atoms with E-state index in [1.807, 2.05) is 0 Å². The molecule has 1 saturated carbocycles. The van der Waals surface area contributed by atoms with Crippen LogP contribution >= 0.6 is 0 Å². The number of benzene rings is 2. The molecule has 42 heavy (non-hydrogen) atoms. The molecular weight excluding hydrogens is 569 g/mol. The maximum atomic E-state index is 13.9. The van der Waals surface area contributed by atoms with Crippen LogP contribution in [0.25, 0.3) is 0 Å². The Balaban J connectivity index is 1.27. The van der Waals surface area contributed by atoms with Crippen LogP contribution in [0.15, 0.2) is 30.3 Å². The number of carbonyl (C=O) groups is 2. The number of ether oxygens (including phenoxy) is 4. The van der Waals surface area contributed by atoms with E-state index < -0.39 is 47.9 Å². The van der Waals surface area contributed by atoms with Crippen molar-refractivity contribution in [2.75, 3.05) is 0 Å². The molecule has 0 spiro atoms. The van der Waals surface area contributed by atoms with Crippen molar-refractivity contribution in [2.45, 2.75) is 82.1 Å². The minimum atomic E-state index is -4.91. The van der Waals surface area contributed by atoms with Crippen molar-refractivity contribution >= 4 is 11.9 Å². The zero-order valence-electron chi connectivity index (χ0n) is 22.4. The van der Waals surface area contributed by atoms with Crippen LogP contribution in [0, 0.1) is 11.8 Å². The van der Waals surface area contributed by atoms with E-state index in [0.29, 0.717) is 61.6 Å². The van der Waals surface area contributed by atoms with E-state index in [-0.39, 0.29) is 29.1 Å². The third-order valence-corrected chi connectivity index (χ3v) is 8.91. The second kappa shape index (κ2) is 9.91. The van der Waals surface area contributed by atoms with E-state index in [1.54, 1.807) is 6.92 Å². The molecule has 2 heterocycles. The average Bonchev–Trinajstić information content (AvgIpc) is 3.40. The van der Waals surface area contributed by atoms with Gasteiger partial charge in [-0.3, -0.25) is 9.59 Å². The third-order valence-electron chi connectivity index (χ3n) is 8.91. The zero-order chi connectivity index (χ0) is 30.0. The van der Waals surface area contributed by atoms with Gasteiger partial charge < -0.3 is 29.4 Å². The summed E-state index contributed by atoms with van der Waals surface area (Å²) < 4.78 is 85.5. The van der Waals surface area contributed by atoms with Gasteiger partial charge in [-0.1, -0.05) is 0 Å². The second-order valence-electron chi connectivity index (χ2n) is 11.6. The summed E-state index contributed by atoms with van der Waals surface area (Å²) in [5.41, 5.74) is 0.589. The standard InChI is InChI=1S/C29H28F5NO7/c1-27(9-8-16-10-23-24(12-19(16)27)42-29(33,34)41-23)26(38)35-20-13-21(14-2-4-15(5-3-14)25(36)37)39-22-11-17(6-7-18(20)22)40-28(30,31)32/h6-7,10-12,14-15,20-21H,2-5,8-9,13H2,1H3,(H,35,38)(H,36,37)/t14-,15+,20-,21-,27+/m1/s1. The molecule has 3 atom stereocenters. The first kappa shape index (κ1) is 28.4. The summed E-state index contributed by atoms with van der Waals surface area (Å²) in [7, 11) is 0. The number of halogens is 5. The highest BCUT2D eigenvalue weighted by atomic mass is 19.4. The number of hydrogen-bond donors (Lipinski definition) is 2. The smallest absolute Gasteiger partial charge is 0.490 e. The van der Waals surface area contributed by atoms with Crippen molar-refractivity contribution in [1.29, 1.82) is 0 Å². The maximum Gasteiger partial charge on any atom is 0.586 e. The lowest BCUT2D eigenvalue weighted by atomic mass is 9.76. The van der Waals surface area contributed by atoms with E-state index in [9.17, 15) is 36.6 Å². The normalized spacial score (nSPS) is 29.2. The Labute approximate surface area is 237 Å². The van der Waals surface area contributed by atoms with Crippen molar-refractivity contribution in [1.82, 2.24) is 5.32 Å². The lowest BCUT2D eigenvalue weighted by molar-refractivity contribution is -0.286. The van der Waals surface area contributed by atoms with E-state index in [0.717, 1.165) is 12.1 Å². The Morgan fingerprint density at radius 3 is 2.38 bits per heavy atom. The number of hydrogen-bond acceptors (Lipinski definition) is 6. The van der Waals surface area contributed by atoms with Gasteiger partial charge in [-0.15, -0.1) is 22.0 Å². The molecular formula is C29H28F5NO7. The van der Waals surface area contributed by atoms with Gasteiger partial charge in [0.05, 0.1) is 17.4 Å². The molecule has 2 aliphatic carbocycles. The number of alkyl halides is 5. The number of rotatable bonds is 5. The summed E-state index contributed by atoms with van der Waals surface area (Å²) in [6, 6.07) is 5.94. The molecule has 0 saturated heterocycles. The van der Waals surface area contributed by atoms with Crippen LogP contribution in [0.1, 0.15) is 68.2 Å². The number of amides is 1. The Bertz CT molecular complexity index is 1420. The lowest BCUT2D eigenvalue weighted by Crippen LogP contribution is -2.46. The fourth-order valence-corrected chi connectivity index (χ4v) is 6.67. The van der Waals surface area contributed by atoms with Gasteiger partial charge >= 0.3 is 18.6 Å². The van der Waals surface area contributed by atoms with E-state index >= 15 is 0 Å². The summed E-state index contributed by atoms with van der Waals surface area (Å²) >= 11 is 0. The van der Waals surface area contributed by atoms with Gasteiger partial charge in [-0.05, 0) is 86.8 Å². The first-order chi connectivity index (χ1) is 19.7. The van der Waals surface area contributed by atoms with Crippen LogP contribution < -0.4 is 24.3 Å². The van der Waals surface area contributed by atoms with Crippen LogP contribution in [-0.4, -0.2) is 35.7 Å². The summed E-state index contributed by atoms with van der Waals surface area (Å²) in [6.07, 6.45) is -6.03. The van der Waals surface area contributed by atoms with Crippen molar-refractivity contribution in [3.63, 3.8) is 0 Å². The molecule has 2 aromatic carbocycles. The molecule has 0 bridgehead atoms. The molecule has 2 aromatic rings. The van der Waals surface area contributed by atoms with E-state index in [2.05, 4.69) is 19.5 Å². The quantitative estimate of drug-likeness (QED) is 0.407. The number of carbonyl (C=O) groups excluding carboxylic acids is 1. The highest BCUT2D eigenvalue weighted by Gasteiger charge is 2.48. The summed E-state index contributed by atoms with van der Waals surface area (Å²) in [4.78, 5) is 25.3. The number of carboxylic acids is 1. The van der Waals surface area contributed by atoms with Crippen LogP contribution in [-0.2, 0) is 21.4 Å². The largest absolute Gasteiger partial charge is 0.586 e. The van der Waals surface area contributed by atoms with E-state index in [1.165, 1.54) is 18.2 Å². The average molecular weight is 598 g/mol.